The lowest BCUT2D eigenvalue weighted by Gasteiger charge is -2.08. The van der Waals surface area contributed by atoms with Crippen molar-refractivity contribution in [3.05, 3.63) is 65.2 Å². The van der Waals surface area contributed by atoms with Gasteiger partial charge in [-0.1, -0.05) is 54.1 Å². The first-order chi connectivity index (χ1) is 9.56. The van der Waals surface area contributed by atoms with Gasteiger partial charge in [-0.25, -0.2) is 0 Å². The first kappa shape index (κ1) is 14.1. The van der Waals surface area contributed by atoms with Crippen LogP contribution in [0, 0.1) is 13.8 Å². The van der Waals surface area contributed by atoms with Crippen LogP contribution >= 0.6 is 0 Å². The van der Waals surface area contributed by atoms with Crippen LogP contribution in [0.3, 0.4) is 0 Å². The summed E-state index contributed by atoms with van der Waals surface area (Å²) in [5.74, 6) is -0.813. The molecule has 102 valence electrons. The average Bonchev–Trinajstić information content (AvgIpc) is 2.41. The summed E-state index contributed by atoms with van der Waals surface area (Å²) < 4.78 is 0. The average molecular weight is 266 g/mol. The van der Waals surface area contributed by atoms with Crippen LogP contribution < -0.4 is 0 Å². The van der Waals surface area contributed by atoms with E-state index in [2.05, 4.69) is 44.2 Å². The Morgan fingerprint density at radius 2 is 1.95 bits per heavy atom. The van der Waals surface area contributed by atoms with Gasteiger partial charge < -0.3 is 5.11 Å². The maximum Gasteiger partial charge on any atom is 0.307 e. The van der Waals surface area contributed by atoms with Crippen molar-refractivity contribution >= 4 is 12.0 Å². The zero-order chi connectivity index (χ0) is 14.5. The second-order valence-electron chi connectivity index (χ2n) is 4.94. The summed E-state index contributed by atoms with van der Waals surface area (Å²) >= 11 is 0. The molecule has 0 unspecified atom stereocenters. The van der Waals surface area contributed by atoms with Crippen LogP contribution in [0.4, 0.5) is 0 Å². The number of hydrogen-bond donors (Lipinski definition) is 1. The quantitative estimate of drug-likeness (QED) is 0.887. The van der Waals surface area contributed by atoms with Crippen molar-refractivity contribution in [1.29, 1.82) is 0 Å². The maximum atomic E-state index is 10.5. The highest BCUT2D eigenvalue weighted by Gasteiger charge is 2.02. The van der Waals surface area contributed by atoms with E-state index in [1.54, 1.807) is 6.08 Å². The summed E-state index contributed by atoms with van der Waals surface area (Å²) in [6.07, 6.45) is 3.57. The van der Waals surface area contributed by atoms with E-state index in [4.69, 9.17) is 5.11 Å². The fraction of sp³-hybridized carbons (Fsp3) is 0.167. The summed E-state index contributed by atoms with van der Waals surface area (Å²) in [6.45, 7) is 4.18. The highest BCUT2D eigenvalue weighted by Crippen LogP contribution is 2.25. The Kier molecular flexibility index (Phi) is 4.36. The lowest BCUT2D eigenvalue weighted by Crippen LogP contribution is -1.89. The molecule has 20 heavy (non-hydrogen) atoms. The number of carboxylic acids is 1. The summed E-state index contributed by atoms with van der Waals surface area (Å²) in [6, 6.07) is 14.5. The molecule has 0 heterocycles. The van der Waals surface area contributed by atoms with Gasteiger partial charge in [0.15, 0.2) is 0 Å². The topological polar surface area (TPSA) is 37.3 Å². The van der Waals surface area contributed by atoms with Gasteiger partial charge in [0.1, 0.15) is 0 Å². The molecular weight excluding hydrogens is 248 g/mol. The number of rotatable bonds is 4. The van der Waals surface area contributed by atoms with Crippen molar-refractivity contribution in [1.82, 2.24) is 0 Å². The molecule has 2 heteroatoms. The first-order valence-corrected chi connectivity index (χ1v) is 6.62. The van der Waals surface area contributed by atoms with E-state index in [0.717, 1.165) is 11.1 Å². The van der Waals surface area contributed by atoms with Crippen LogP contribution in [0.15, 0.2) is 48.5 Å². The highest BCUT2D eigenvalue weighted by molar-refractivity contribution is 5.73. The molecule has 0 fully saturated rings. The summed E-state index contributed by atoms with van der Waals surface area (Å²) in [5.41, 5.74) is 5.87. The molecule has 2 rings (SSSR count). The molecule has 0 aliphatic heterocycles. The second kappa shape index (κ2) is 6.20. The first-order valence-electron chi connectivity index (χ1n) is 6.62. The van der Waals surface area contributed by atoms with Gasteiger partial charge in [0.2, 0.25) is 0 Å². The number of benzene rings is 2. The van der Waals surface area contributed by atoms with Crippen LogP contribution in [-0.2, 0) is 4.79 Å². The molecule has 0 radical (unpaired) electrons. The van der Waals surface area contributed by atoms with Crippen LogP contribution in [0.5, 0.6) is 0 Å². The third-order valence-corrected chi connectivity index (χ3v) is 3.19. The Labute approximate surface area is 119 Å². The van der Waals surface area contributed by atoms with E-state index >= 15 is 0 Å². The number of carboxylic acid groups (broad SMARTS) is 1. The summed E-state index contributed by atoms with van der Waals surface area (Å²) in [7, 11) is 0. The predicted molar refractivity (Wildman–Crippen MR) is 82.6 cm³/mol. The molecule has 0 atom stereocenters. The Morgan fingerprint density at radius 3 is 2.70 bits per heavy atom. The van der Waals surface area contributed by atoms with Gasteiger partial charge in [-0.05, 0) is 42.2 Å². The van der Waals surface area contributed by atoms with Crippen molar-refractivity contribution in [3.63, 3.8) is 0 Å². The van der Waals surface area contributed by atoms with Gasteiger partial charge in [0, 0.05) is 0 Å². The molecule has 0 aliphatic carbocycles. The minimum Gasteiger partial charge on any atom is -0.481 e. The Bertz CT molecular complexity index is 654. The second-order valence-corrected chi connectivity index (χ2v) is 4.94. The SMILES string of the molecule is Cc1ccc(C)c(-c2cccc(/C=C/CC(=O)O)c2)c1. The summed E-state index contributed by atoms with van der Waals surface area (Å²) in [4.78, 5) is 10.5. The smallest absolute Gasteiger partial charge is 0.307 e. The van der Waals surface area contributed by atoms with Crippen LogP contribution in [0.2, 0.25) is 0 Å². The fourth-order valence-corrected chi connectivity index (χ4v) is 2.15. The number of carbonyl (C=O) groups is 1. The van der Waals surface area contributed by atoms with Crippen molar-refractivity contribution < 1.29 is 9.90 Å². The zero-order valence-electron chi connectivity index (χ0n) is 11.8. The standard InChI is InChI=1S/C18H18O2/c1-13-9-10-14(2)17(11-13)16-7-3-5-15(12-16)6-4-8-18(19)20/h3-7,9-12H,8H2,1-2H3,(H,19,20)/b6-4+. The molecule has 2 nitrogen and oxygen atoms in total. The molecule has 0 spiro atoms. The molecule has 2 aromatic rings. The minimum absolute atomic E-state index is 0.0493. The van der Waals surface area contributed by atoms with E-state index in [9.17, 15) is 4.79 Å². The van der Waals surface area contributed by atoms with Gasteiger partial charge in [-0.3, -0.25) is 4.79 Å². The predicted octanol–water partition coefficient (Wildman–Crippen LogP) is 4.46. The van der Waals surface area contributed by atoms with Crippen LogP contribution in [0.25, 0.3) is 17.2 Å². The van der Waals surface area contributed by atoms with Gasteiger partial charge in [0.05, 0.1) is 6.42 Å². The Balaban J connectivity index is 2.32. The Morgan fingerprint density at radius 1 is 1.15 bits per heavy atom. The monoisotopic (exact) mass is 266 g/mol. The van der Waals surface area contributed by atoms with Crippen molar-refractivity contribution in [2.45, 2.75) is 20.3 Å². The van der Waals surface area contributed by atoms with Gasteiger partial charge in [0.25, 0.3) is 0 Å². The van der Waals surface area contributed by atoms with Crippen molar-refractivity contribution in [3.8, 4) is 11.1 Å². The molecule has 0 aromatic heterocycles. The van der Waals surface area contributed by atoms with Crippen LogP contribution in [-0.4, -0.2) is 11.1 Å². The van der Waals surface area contributed by atoms with Gasteiger partial charge in [-0.15, -0.1) is 0 Å². The molecule has 0 saturated heterocycles. The maximum absolute atomic E-state index is 10.5. The number of hydrogen-bond acceptors (Lipinski definition) is 1. The zero-order valence-corrected chi connectivity index (χ0v) is 11.8. The normalized spacial score (nSPS) is 10.9. The largest absolute Gasteiger partial charge is 0.481 e. The molecule has 0 aliphatic rings. The minimum atomic E-state index is -0.813. The van der Waals surface area contributed by atoms with Crippen molar-refractivity contribution in [2.75, 3.05) is 0 Å². The third kappa shape index (κ3) is 3.58. The number of aryl methyl sites for hydroxylation is 2. The van der Waals surface area contributed by atoms with E-state index in [1.807, 2.05) is 18.2 Å². The van der Waals surface area contributed by atoms with E-state index in [1.165, 1.54) is 16.7 Å². The lowest BCUT2D eigenvalue weighted by molar-refractivity contribution is -0.135. The Hall–Kier alpha value is -2.35. The van der Waals surface area contributed by atoms with Crippen molar-refractivity contribution in [2.24, 2.45) is 0 Å². The van der Waals surface area contributed by atoms with Gasteiger partial charge >= 0.3 is 5.97 Å². The molecule has 0 bridgehead atoms. The van der Waals surface area contributed by atoms with E-state index < -0.39 is 5.97 Å². The fourth-order valence-electron chi connectivity index (χ4n) is 2.15. The molecule has 0 saturated carbocycles. The molecule has 2 aromatic carbocycles. The highest BCUT2D eigenvalue weighted by atomic mass is 16.4. The van der Waals surface area contributed by atoms with Crippen LogP contribution in [0.1, 0.15) is 23.1 Å². The molecule has 0 amide bonds. The lowest BCUT2D eigenvalue weighted by atomic mass is 9.97. The molecule has 1 N–H and O–H groups in total. The summed E-state index contributed by atoms with van der Waals surface area (Å²) in [5, 5.41) is 8.64. The van der Waals surface area contributed by atoms with Gasteiger partial charge in [-0.2, -0.15) is 0 Å². The van der Waals surface area contributed by atoms with E-state index in [0.29, 0.717) is 0 Å². The third-order valence-electron chi connectivity index (χ3n) is 3.19. The van der Waals surface area contributed by atoms with E-state index in [-0.39, 0.29) is 6.42 Å². The number of aliphatic carboxylic acids is 1. The molecular formula is C18H18O2.